The van der Waals surface area contributed by atoms with Crippen LogP contribution in [0.3, 0.4) is 0 Å². The summed E-state index contributed by atoms with van der Waals surface area (Å²) >= 11 is 0. The van der Waals surface area contributed by atoms with E-state index >= 15 is 0 Å². The number of benzene rings is 1. The third-order valence-corrected chi connectivity index (χ3v) is 4.65. The highest BCUT2D eigenvalue weighted by Gasteiger charge is 2.62. The molecule has 1 aromatic heterocycles. The summed E-state index contributed by atoms with van der Waals surface area (Å²) in [5.41, 5.74) is -0.628. The van der Waals surface area contributed by atoms with Crippen LogP contribution >= 0.6 is 0 Å². The SMILES string of the molecule is Cc1cc(OCc2cccnc2)ccc1NC(=O)C1CC(O)(C(F)(F)F)C1. The van der Waals surface area contributed by atoms with Crippen molar-refractivity contribution in [3.63, 3.8) is 0 Å². The van der Waals surface area contributed by atoms with Gasteiger partial charge in [-0.3, -0.25) is 9.78 Å². The second kappa shape index (κ2) is 7.19. The van der Waals surface area contributed by atoms with E-state index < -0.39 is 36.4 Å². The number of carbonyl (C=O) groups excluding carboxylic acids is 1. The minimum absolute atomic E-state index is 0.344. The van der Waals surface area contributed by atoms with Gasteiger partial charge in [0.2, 0.25) is 5.91 Å². The van der Waals surface area contributed by atoms with Crippen molar-refractivity contribution in [3.8, 4) is 5.75 Å². The van der Waals surface area contributed by atoms with Crippen LogP contribution in [0.15, 0.2) is 42.7 Å². The molecule has 0 radical (unpaired) electrons. The van der Waals surface area contributed by atoms with Crippen LogP contribution in [0.5, 0.6) is 5.75 Å². The number of hydrogen-bond acceptors (Lipinski definition) is 4. The minimum Gasteiger partial charge on any atom is -0.489 e. The first-order valence-corrected chi connectivity index (χ1v) is 8.40. The average molecular weight is 380 g/mol. The molecule has 144 valence electrons. The maximum atomic E-state index is 12.7. The van der Waals surface area contributed by atoms with Crippen LogP contribution in [0.1, 0.15) is 24.0 Å². The molecule has 1 saturated carbocycles. The standard InChI is InChI=1S/C19H19F3N2O3/c1-12-7-15(27-11-13-3-2-6-23-10-13)4-5-16(12)24-17(25)14-8-18(26,9-14)19(20,21)22/h2-7,10,14,26H,8-9,11H2,1H3,(H,24,25). The zero-order chi connectivity index (χ0) is 19.7. The van der Waals surface area contributed by atoms with Gasteiger partial charge < -0.3 is 15.2 Å². The summed E-state index contributed by atoms with van der Waals surface area (Å²) in [6, 6.07) is 8.74. The molecule has 1 fully saturated rings. The number of alkyl halides is 3. The summed E-state index contributed by atoms with van der Waals surface area (Å²) in [7, 11) is 0. The van der Waals surface area contributed by atoms with Gasteiger partial charge in [0.25, 0.3) is 0 Å². The molecule has 0 unspecified atom stereocenters. The number of aliphatic hydroxyl groups is 1. The van der Waals surface area contributed by atoms with E-state index in [-0.39, 0.29) is 0 Å². The van der Waals surface area contributed by atoms with Crippen LogP contribution in [0.25, 0.3) is 0 Å². The smallest absolute Gasteiger partial charge is 0.417 e. The Morgan fingerprint density at radius 2 is 2.11 bits per heavy atom. The molecule has 5 nitrogen and oxygen atoms in total. The molecule has 2 aromatic rings. The molecule has 1 aliphatic rings. The molecular weight excluding hydrogens is 361 g/mol. The third kappa shape index (κ3) is 4.21. The topological polar surface area (TPSA) is 71.5 Å². The van der Waals surface area contributed by atoms with E-state index in [1.165, 1.54) is 0 Å². The summed E-state index contributed by atoms with van der Waals surface area (Å²) in [6.45, 7) is 2.11. The number of hydrogen-bond donors (Lipinski definition) is 2. The molecule has 0 aliphatic heterocycles. The Morgan fingerprint density at radius 1 is 1.37 bits per heavy atom. The lowest BCUT2D eigenvalue weighted by Crippen LogP contribution is -2.57. The molecule has 1 aromatic carbocycles. The van der Waals surface area contributed by atoms with Gasteiger partial charge in [0.05, 0.1) is 0 Å². The first kappa shape index (κ1) is 19.2. The third-order valence-electron chi connectivity index (χ3n) is 4.65. The zero-order valence-electron chi connectivity index (χ0n) is 14.6. The van der Waals surface area contributed by atoms with Gasteiger partial charge in [0.1, 0.15) is 12.4 Å². The fourth-order valence-corrected chi connectivity index (χ4v) is 2.92. The van der Waals surface area contributed by atoms with E-state index in [9.17, 15) is 23.1 Å². The predicted molar refractivity (Wildman–Crippen MR) is 92.1 cm³/mol. The largest absolute Gasteiger partial charge is 0.489 e. The number of amides is 1. The Kier molecular flexibility index (Phi) is 5.10. The van der Waals surface area contributed by atoms with E-state index in [0.717, 1.165) is 11.1 Å². The minimum atomic E-state index is -4.72. The number of pyridine rings is 1. The number of aryl methyl sites for hydroxylation is 1. The molecule has 0 spiro atoms. The maximum absolute atomic E-state index is 12.7. The van der Waals surface area contributed by atoms with E-state index in [4.69, 9.17) is 4.74 Å². The van der Waals surface area contributed by atoms with Crippen molar-refractivity contribution in [2.24, 2.45) is 5.92 Å². The van der Waals surface area contributed by atoms with Crippen LogP contribution < -0.4 is 10.1 Å². The van der Waals surface area contributed by atoms with Crippen molar-refractivity contribution in [1.29, 1.82) is 0 Å². The first-order chi connectivity index (χ1) is 12.7. The van der Waals surface area contributed by atoms with Crippen molar-refractivity contribution in [2.75, 3.05) is 5.32 Å². The number of aromatic nitrogens is 1. The van der Waals surface area contributed by atoms with Crippen molar-refractivity contribution in [2.45, 2.75) is 38.1 Å². The Hall–Kier alpha value is -2.61. The first-order valence-electron chi connectivity index (χ1n) is 8.40. The molecule has 0 saturated heterocycles. The number of carbonyl (C=O) groups is 1. The lowest BCUT2D eigenvalue weighted by Gasteiger charge is -2.43. The Labute approximate surface area is 154 Å². The second-order valence-corrected chi connectivity index (χ2v) is 6.75. The van der Waals surface area contributed by atoms with Gasteiger partial charge in [-0.05, 0) is 49.6 Å². The number of halogens is 3. The van der Waals surface area contributed by atoms with E-state index in [1.807, 2.05) is 12.1 Å². The summed E-state index contributed by atoms with van der Waals surface area (Å²) in [4.78, 5) is 16.1. The molecule has 1 aliphatic carbocycles. The second-order valence-electron chi connectivity index (χ2n) is 6.75. The van der Waals surface area contributed by atoms with Crippen molar-refractivity contribution >= 4 is 11.6 Å². The van der Waals surface area contributed by atoms with Crippen LogP contribution in [-0.2, 0) is 11.4 Å². The molecule has 3 rings (SSSR count). The molecule has 2 N–H and O–H groups in total. The molecule has 1 heterocycles. The fraction of sp³-hybridized carbons (Fsp3) is 0.368. The molecule has 0 bridgehead atoms. The molecule has 0 atom stereocenters. The van der Waals surface area contributed by atoms with Gasteiger partial charge in [0.15, 0.2) is 5.60 Å². The van der Waals surface area contributed by atoms with Crippen molar-refractivity contribution in [1.82, 2.24) is 4.98 Å². The summed E-state index contributed by atoms with van der Waals surface area (Å²) in [5, 5.41) is 12.1. The fourth-order valence-electron chi connectivity index (χ4n) is 2.92. The van der Waals surface area contributed by atoms with Gasteiger partial charge in [-0.2, -0.15) is 13.2 Å². The summed E-state index contributed by atoms with van der Waals surface area (Å²) < 4.78 is 43.6. The van der Waals surface area contributed by atoms with Gasteiger partial charge >= 0.3 is 6.18 Å². The molecule has 1 amide bonds. The van der Waals surface area contributed by atoms with Crippen LogP contribution in [0, 0.1) is 12.8 Å². The Morgan fingerprint density at radius 3 is 2.70 bits per heavy atom. The van der Waals surface area contributed by atoms with E-state index in [0.29, 0.717) is 18.0 Å². The Balaban J connectivity index is 1.56. The van der Waals surface area contributed by atoms with Crippen molar-refractivity contribution < 1.29 is 27.8 Å². The average Bonchev–Trinajstić information content (AvgIpc) is 2.59. The van der Waals surface area contributed by atoms with Gasteiger partial charge in [-0.15, -0.1) is 0 Å². The van der Waals surface area contributed by atoms with Crippen LogP contribution in [0.2, 0.25) is 0 Å². The lowest BCUT2D eigenvalue weighted by atomic mass is 9.70. The number of rotatable bonds is 5. The van der Waals surface area contributed by atoms with E-state index in [1.54, 1.807) is 37.5 Å². The maximum Gasteiger partial charge on any atom is 0.417 e. The van der Waals surface area contributed by atoms with Gasteiger partial charge in [-0.25, -0.2) is 0 Å². The molecule has 8 heteroatoms. The Bertz CT molecular complexity index is 819. The monoisotopic (exact) mass is 380 g/mol. The predicted octanol–water partition coefficient (Wildman–Crippen LogP) is 3.61. The molecular formula is C19H19F3N2O3. The number of nitrogens with one attached hydrogen (secondary N) is 1. The highest BCUT2D eigenvalue weighted by atomic mass is 19.4. The van der Waals surface area contributed by atoms with Gasteiger partial charge in [-0.1, -0.05) is 6.07 Å². The normalized spacial score (nSPS) is 22.0. The zero-order valence-corrected chi connectivity index (χ0v) is 14.6. The summed E-state index contributed by atoms with van der Waals surface area (Å²) in [5.74, 6) is -0.793. The van der Waals surface area contributed by atoms with Crippen molar-refractivity contribution in [3.05, 3.63) is 53.9 Å². The molecule has 27 heavy (non-hydrogen) atoms. The number of ether oxygens (including phenoxy) is 1. The quantitative estimate of drug-likeness (QED) is 0.831. The van der Waals surface area contributed by atoms with Crippen LogP contribution in [-0.4, -0.2) is 27.8 Å². The highest BCUT2D eigenvalue weighted by molar-refractivity contribution is 5.94. The number of anilines is 1. The van der Waals surface area contributed by atoms with Gasteiger partial charge in [0, 0.05) is 29.6 Å². The lowest BCUT2D eigenvalue weighted by molar-refractivity contribution is -0.295. The van der Waals surface area contributed by atoms with Crippen LogP contribution in [0.4, 0.5) is 18.9 Å². The highest BCUT2D eigenvalue weighted by Crippen LogP contribution is 2.48. The van der Waals surface area contributed by atoms with E-state index in [2.05, 4.69) is 10.3 Å². The number of nitrogens with zero attached hydrogens (tertiary/aromatic N) is 1. The summed E-state index contributed by atoms with van der Waals surface area (Å²) in [6.07, 6.45) is -2.58.